The van der Waals surface area contributed by atoms with Gasteiger partial charge in [0, 0.05) is 51.7 Å². The highest BCUT2D eigenvalue weighted by Crippen LogP contribution is 1.98. The van der Waals surface area contributed by atoms with Crippen molar-refractivity contribution in [2.75, 3.05) is 33.7 Å². The molecular weight excluding hydrogens is 391 g/mol. The minimum atomic E-state index is 0. The minimum absolute atomic E-state index is 0. The third-order valence-electron chi connectivity index (χ3n) is 3.74. The maximum absolute atomic E-state index is 4.24. The normalized spacial score (nSPS) is 12.9. The average Bonchev–Trinajstić information content (AvgIpc) is 3.01. The number of rotatable bonds is 9. The molecule has 1 aromatic heterocycles. The molecule has 1 atom stereocenters. The van der Waals surface area contributed by atoms with Crippen molar-refractivity contribution < 1.29 is 0 Å². The van der Waals surface area contributed by atoms with Gasteiger partial charge in [-0.2, -0.15) is 5.10 Å². The van der Waals surface area contributed by atoms with Gasteiger partial charge in [-0.05, 0) is 32.9 Å². The Labute approximate surface area is 151 Å². The third-order valence-corrected chi connectivity index (χ3v) is 3.74. The summed E-state index contributed by atoms with van der Waals surface area (Å²) >= 11 is 0. The average molecular weight is 422 g/mol. The predicted molar refractivity (Wildman–Crippen MR) is 104 cm³/mol. The topological polar surface area (TPSA) is 57.5 Å². The van der Waals surface area contributed by atoms with Gasteiger partial charge in [0.25, 0.3) is 0 Å². The number of guanidine groups is 1. The first-order chi connectivity index (χ1) is 10.2. The predicted octanol–water partition coefficient (Wildman–Crippen LogP) is 1.79. The van der Waals surface area contributed by atoms with Gasteiger partial charge < -0.3 is 15.5 Å². The number of halogens is 1. The highest BCUT2D eigenvalue weighted by molar-refractivity contribution is 14.0. The summed E-state index contributed by atoms with van der Waals surface area (Å²) in [4.78, 5) is 6.60. The number of aliphatic imine (C=N–C) groups is 1. The molecule has 0 amide bonds. The molecule has 2 N–H and O–H groups in total. The van der Waals surface area contributed by atoms with Crippen LogP contribution >= 0.6 is 24.0 Å². The molecule has 0 aliphatic carbocycles. The second-order valence-corrected chi connectivity index (χ2v) is 5.29. The second kappa shape index (κ2) is 12.7. The highest BCUT2D eigenvalue weighted by atomic mass is 127. The Bertz CT molecular complexity index is 393. The van der Waals surface area contributed by atoms with Gasteiger partial charge in [-0.3, -0.25) is 9.67 Å². The molecule has 128 valence electrons. The molecule has 0 saturated heterocycles. The first kappa shape index (κ1) is 21.2. The summed E-state index contributed by atoms with van der Waals surface area (Å²) in [6.07, 6.45) is 5.99. The van der Waals surface area contributed by atoms with Crippen LogP contribution in [-0.2, 0) is 6.54 Å². The Morgan fingerprint density at radius 2 is 2.09 bits per heavy atom. The highest BCUT2D eigenvalue weighted by Gasteiger charge is 2.06. The van der Waals surface area contributed by atoms with E-state index in [-0.39, 0.29) is 24.0 Å². The summed E-state index contributed by atoms with van der Waals surface area (Å²) in [5, 5.41) is 10.9. The van der Waals surface area contributed by atoms with Gasteiger partial charge in [0.2, 0.25) is 0 Å². The fourth-order valence-electron chi connectivity index (χ4n) is 1.98. The molecule has 1 aromatic rings. The monoisotopic (exact) mass is 422 g/mol. The van der Waals surface area contributed by atoms with Crippen molar-refractivity contribution in [1.29, 1.82) is 0 Å². The van der Waals surface area contributed by atoms with Crippen molar-refractivity contribution in [3.63, 3.8) is 0 Å². The van der Waals surface area contributed by atoms with E-state index < -0.39 is 0 Å². The van der Waals surface area contributed by atoms with Crippen LogP contribution < -0.4 is 10.6 Å². The van der Waals surface area contributed by atoms with E-state index in [1.807, 2.05) is 23.1 Å². The standard InChI is InChI=1S/C15H30N6.HI/c1-5-14(2)20(4)13-10-18-15(16-3)17-8-6-11-21-12-7-9-19-21;/h7,9,12,14H,5-6,8,10-11,13H2,1-4H3,(H2,16,17,18);1H. The number of hydrogen-bond acceptors (Lipinski definition) is 3. The van der Waals surface area contributed by atoms with Crippen LogP contribution in [0.15, 0.2) is 23.5 Å². The van der Waals surface area contributed by atoms with E-state index in [1.54, 1.807) is 7.05 Å². The molecule has 0 aliphatic heterocycles. The summed E-state index contributed by atoms with van der Waals surface area (Å²) in [7, 11) is 3.97. The molecule has 1 unspecified atom stereocenters. The summed E-state index contributed by atoms with van der Waals surface area (Å²) in [5.74, 6) is 0.869. The zero-order valence-corrected chi connectivity index (χ0v) is 16.6. The van der Waals surface area contributed by atoms with Gasteiger partial charge in [-0.1, -0.05) is 6.92 Å². The van der Waals surface area contributed by atoms with Gasteiger partial charge in [0.1, 0.15) is 0 Å². The number of likely N-dealkylation sites (N-methyl/N-ethyl adjacent to an activating group) is 1. The van der Waals surface area contributed by atoms with Crippen LogP contribution in [0.4, 0.5) is 0 Å². The Balaban J connectivity index is 0.00000441. The smallest absolute Gasteiger partial charge is 0.191 e. The Kier molecular flexibility index (Phi) is 12.2. The minimum Gasteiger partial charge on any atom is -0.356 e. The van der Waals surface area contributed by atoms with Gasteiger partial charge in [-0.25, -0.2) is 0 Å². The Hall–Kier alpha value is -0.830. The van der Waals surface area contributed by atoms with Crippen LogP contribution in [0.2, 0.25) is 0 Å². The van der Waals surface area contributed by atoms with Crippen LogP contribution in [-0.4, -0.2) is 60.4 Å². The van der Waals surface area contributed by atoms with Crippen LogP contribution in [0.25, 0.3) is 0 Å². The van der Waals surface area contributed by atoms with Gasteiger partial charge in [0.05, 0.1) is 0 Å². The molecule has 0 spiro atoms. The van der Waals surface area contributed by atoms with Crippen molar-refractivity contribution in [3.05, 3.63) is 18.5 Å². The lowest BCUT2D eigenvalue weighted by atomic mass is 10.2. The fraction of sp³-hybridized carbons (Fsp3) is 0.733. The molecule has 0 aromatic carbocycles. The van der Waals surface area contributed by atoms with E-state index >= 15 is 0 Å². The molecule has 22 heavy (non-hydrogen) atoms. The van der Waals surface area contributed by atoms with Crippen molar-refractivity contribution >= 4 is 29.9 Å². The van der Waals surface area contributed by atoms with E-state index in [0.717, 1.165) is 38.6 Å². The Morgan fingerprint density at radius 1 is 1.36 bits per heavy atom. The SMILES string of the molecule is CCC(C)N(C)CCNC(=NC)NCCCn1cccn1.I. The lowest BCUT2D eigenvalue weighted by molar-refractivity contribution is 0.255. The zero-order valence-electron chi connectivity index (χ0n) is 14.2. The second-order valence-electron chi connectivity index (χ2n) is 5.29. The number of nitrogens with one attached hydrogen (secondary N) is 2. The quantitative estimate of drug-likeness (QED) is 0.276. The van der Waals surface area contributed by atoms with Gasteiger partial charge >= 0.3 is 0 Å². The molecule has 0 bridgehead atoms. The van der Waals surface area contributed by atoms with Crippen molar-refractivity contribution in [1.82, 2.24) is 25.3 Å². The van der Waals surface area contributed by atoms with Crippen molar-refractivity contribution in [2.45, 2.75) is 39.3 Å². The first-order valence-corrected chi connectivity index (χ1v) is 7.79. The largest absolute Gasteiger partial charge is 0.356 e. The first-order valence-electron chi connectivity index (χ1n) is 7.79. The van der Waals surface area contributed by atoms with Crippen LogP contribution in [0.3, 0.4) is 0 Å². The molecule has 1 heterocycles. The number of aromatic nitrogens is 2. The van der Waals surface area contributed by atoms with Gasteiger partial charge in [0.15, 0.2) is 5.96 Å². The maximum Gasteiger partial charge on any atom is 0.191 e. The number of hydrogen-bond donors (Lipinski definition) is 2. The molecule has 0 radical (unpaired) electrons. The van der Waals surface area contributed by atoms with Crippen molar-refractivity contribution in [2.24, 2.45) is 4.99 Å². The van der Waals surface area contributed by atoms with E-state index in [9.17, 15) is 0 Å². The lowest BCUT2D eigenvalue weighted by Crippen LogP contribution is -2.42. The third kappa shape index (κ3) is 8.57. The van der Waals surface area contributed by atoms with Crippen LogP contribution in [0.5, 0.6) is 0 Å². The van der Waals surface area contributed by atoms with Gasteiger partial charge in [-0.15, -0.1) is 24.0 Å². The maximum atomic E-state index is 4.24. The van der Waals surface area contributed by atoms with Crippen LogP contribution in [0, 0.1) is 0 Å². The summed E-state index contributed by atoms with van der Waals surface area (Å²) in [5.41, 5.74) is 0. The zero-order chi connectivity index (χ0) is 15.5. The van der Waals surface area contributed by atoms with Crippen LogP contribution in [0.1, 0.15) is 26.7 Å². The lowest BCUT2D eigenvalue weighted by Gasteiger charge is -2.24. The van der Waals surface area contributed by atoms with E-state index in [4.69, 9.17) is 0 Å². The summed E-state index contributed by atoms with van der Waals surface area (Å²) < 4.78 is 1.94. The van der Waals surface area contributed by atoms with Crippen molar-refractivity contribution in [3.8, 4) is 0 Å². The van der Waals surface area contributed by atoms with E-state index in [1.165, 1.54) is 6.42 Å². The van der Waals surface area contributed by atoms with E-state index in [2.05, 4.69) is 46.5 Å². The number of nitrogens with zero attached hydrogens (tertiary/aromatic N) is 4. The Morgan fingerprint density at radius 3 is 2.68 bits per heavy atom. The fourth-order valence-corrected chi connectivity index (χ4v) is 1.98. The van der Waals surface area contributed by atoms with E-state index in [0.29, 0.717) is 6.04 Å². The molecular formula is C15H31IN6. The molecule has 6 nitrogen and oxygen atoms in total. The summed E-state index contributed by atoms with van der Waals surface area (Å²) in [6.45, 7) is 8.20. The molecule has 1 rings (SSSR count). The molecule has 0 fully saturated rings. The molecule has 0 saturated carbocycles. The molecule has 0 aliphatic rings. The molecule has 7 heteroatoms. The number of aryl methyl sites for hydroxylation is 1. The summed E-state index contributed by atoms with van der Waals surface area (Å²) in [6, 6.07) is 2.57.